The van der Waals surface area contributed by atoms with Gasteiger partial charge in [0.1, 0.15) is 12.3 Å². The molecule has 0 saturated carbocycles. The van der Waals surface area contributed by atoms with E-state index in [1.807, 2.05) is 36.3 Å². The van der Waals surface area contributed by atoms with Crippen LogP contribution in [0.4, 0.5) is 11.6 Å². The number of anilines is 2. The molecule has 1 atom stereocenters. The summed E-state index contributed by atoms with van der Waals surface area (Å²) >= 11 is 0. The summed E-state index contributed by atoms with van der Waals surface area (Å²) in [5.41, 5.74) is 4.84. The third-order valence-electron chi connectivity index (χ3n) is 8.43. The second-order valence-electron chi connectivity index (χ2n) is 10.7. The fraction of sp³-hybridized carbons (Fsp3) is 0.364. The Morgan fingerprint density at radius 3 is 2.66 bits per heavy atom. The lowest BCUT2D eigenvalue weighted by molar-refractivity contribution is -0.122. The summed E-state index contributed by atoms with van der Waals surface area (Å²) in [7, 11) is 3.45. The van der Waals surface area contributed by atoms with E-state index in [0.717, 1.165) is 78.2 Å². The molecular weight excluding hydrogens is 514 g/mol. The van der Waals surface area contributed by atoms with E-state index >= 15 is 0 Å². The van der Waals surface area contributed by atoms with Crippen molar-refractivity contribution in [3.8, 4) is 0 Å². The van der Waals surface area contributed by atoms with E-state index in [-0.39, 0.29) is 12.3 Å². The lowest BCUT2D eigenvalue weighted by Crippen LogP contribution is -2.44. The zero-order valence-electron chi connectivity index (χ0n) is 24.0. The minimum Gasteiger partial charge on any atom is -0.362 e. The van der Waals surface area contributed by atoms with Crippen molar-refractivity contribution in [2.75, 3.05) is 37.0 Å². The second-order valence-corrected chi connectivity index (χ2v) is 10.7. The highest BCUT2D eigenvalue weighted by molar-refractivity contribution is 6.07. The molecule has 8 nitrogen and oxygen atoms in total. The van der Waals surface area contributed by atoms with E-state index in [4.69, 9.17) is 4.98 Å². The normalized spacial score (nSPS) is 14.7. The fourth-order valence-electron chi connectivity index (χ4n) is 6.07. The maximum Gasteiger partial charge on any atom is 0.242 e. The molecule has 0 aliphatic carbocycles. The van der Waals surface area contributed by atoms with Crippen molar-refractivity contribution in [1.29, 1.82) is 0 Å². The SMILES string of the molecule is CCc1ccc2cnc(N3CCC(c4ccc(N(C)C(CCC=O)C(=O)NC)c5c(C=O)cccc45)CC3)nc2c1. The van der Waals surface area contributed by atoms with Crippen LogP contribution in [0.2, 0.25) is 0 Å². The van der Waals surface area contributed by atoms with Gasteiger partial charge < -0.3 is 19.9 Å². The molecule has 3 aromatic carbocycles. The number of aryl methyl sites for hydroxylation is 1. The maximum absolute atomic E-state index is 12.7. The molecule has 0 radical (unpaired) electrons. The van der Waals surface area contributed by atoms with Gasteiger partial charge in [-0.15, -0.1) is 0 Å². The van der Waals surface area contributed by atoms with Gasteiger partial charge in [-0.05, 0) is 60.2 Å². The first kappa shape index (κ1) is 28.2. The van der Waals surface area contributed by atoms with Gasteiger partial charge in [0.25, 0.3) is 0 Å². The molecule has 1 aliphatic heterocycles. The van der Waals surface area contributed by atoms with Crippen LogP contribution in [0.3, 0.4) is 0 Å². The molecule has 4 aromatic rings. The summed E-state index contributed by atoms with van der Waals surface area (Å²) in [5, 5.41) is 5.63. The van der Waals surface area contributed by atoms with Crippen LogP contribution in [0.15, 0.2) is 54.7 Å². The Bertz CT molecular complexity index is 1580. The number of nitrogens with zero attached hydrogens (tertiary/aromatic N) is 4. The van der Waals surface area contributed by atoms with Gasteiger partial charge in [-0.2, -0.15) is 0 Å². The van der Waals surface area contributed by atoms with E-state index in [0.29, 0.717) is 17.9 Å². The van der Waals surface area contributed by atoms with E-state index in [2.05, 4.69) is 52.5 Å². The van der Waals surface area contributed by atoms with Crippen LogP contribution in [-0.4, -0.2) is 61.7 Å². The molecule has 1 aromatic heterocycles. The van der Waals surface area contributed by atoms with Crippen LogP contribution < -0.4 is 15.1 Å². The number of fused-ring (bicyclic) bond motifs is 2. The van der Waals surface area contributed by atoms with Crippen LogP contribution in [0, 0.1) is 0 Å². The quantitative estimate of drug-likeness (QED) is 0.275. The van der Waals surface area contributed by atoms with Crippen molar-refractivity contribution in [3.63, 3.8) is 0 Å². The summed E-state index contributed by atoms with van der Waals surface area (Å²) < 4.78 is 0. The number of piperidine rings is 1. The number of aldehydes is 2. The number of rotatable bonds is 10. The van der Waals surface area contributed by atoms with E-state index < -0.39 is 6.04 Å². The number of carbonyl (C=O) groups excluding carboxylic acids is 3. The zero-order valence-corrected chi connectivity index (χ0v) is 24.0. The predicted molar refractivity (Wildman–Crippen MR) is 164 cm³/mol. The zero-order chi connectivity index (χ0) is 28.9. The molecule has 0 spiro atoms. The van der Waals surface area contributed by atoms with Gasteiger partial charge in [0.15, 0.2) is 6.29 Å². The first-order chi connectivity index (χ1) is 20.0. The largest absolute Gasteiger partial charge is 0.362 e. The third kappa shape index (κ3) is 5.64. The Balaban J connectivity index is 1.43. The highest BCUT2D eigenvalue weighted by Gasteiger charge is 2.28. The first-order valence-corrected chi connectivity index (χ1v) is 14.4. The van der Waals surface area contributed by atoms with E-state index in [1.165, 1.54) is 11.1 Å². The molecule has 1 fully saturated rings. The Labute approximate surface area is 240 Å². The molecule has 5 rings (SSSR count). The molecule has 1 unspecified atom stereocenters. The van der Waals surface area contributed by atoms with Gasteiger partial charge in [-0.3, -0.25) is 9.59 Å². The monoisotopic (exact) mass is 551 g/mol. The van der Waals surface area contributed by atoms with Crippen LogP contribution in [-0.2, 0) is 16.0 Å². The molecule has 1 aliphatic rings. The van der Waals surface area contributed by atoms with Crippen molar-refractivity contribution in [2.24, 2.45) is 0 Å². The number of benzene rings is 3. The summed E-state index contributed by atoms with van der Waals surface area (Å²) in [6, 6.07) is 15.8. The van der Waals surface area contributed by atoms with Gasteiger partial charge in [0.05, 0.1) is 5.52 Å². The molecule has 212 valence electrons. The highest BCUT2D eigenvalue weighted by atomic mass is 16.2. The van der Waals surface area contributed by atoms with E-state index in [9.17, 15) is 14.4 Å². The number of hydrogen-bond acceptors (Lipinski definition) is 7. The van der Waals surface area contributed by atoms with Crippen LogP contribution >= 0.6 is 0 Å². The molecule has 2 heterocycles. The number of nitrogens with one attached hydrogen (secondary N) is 1. The molecule has 1 N–H and O–H groups in total. The number of hydrogen-bond donors (Lipinski definition) is 1. The summed E-state index contributed by atoms with van der Waals surface area (Å²) in [4.78, 5) is 49.7. The first-order valence-electron chi connectivity index (χ1n) is 14.4. The number of amides is 1. The smallest absolute Gasteiger partial charge is 0.242 e. The molecule has 1 saturated heterocycles. The Kier molecular flexibility index (Phi) is 8.57. The van der Waals surface area contributed by atoms with Crippen molar-refractivity contribution in [1.82, 2.24) is 15.3 Å². The molecule has 8 heteroatoms. The third-order valence-corrected chi connectivity index (χ3v) is 8.43. The number of aromatic nitrogens is 2. The lowest BCUT2D eigenvalue weighted by atomic mass is 9.85. The molecular formula is C33H37N5O3. The second kappa shape index (κ2) is 12.5. The van der Waals surface area contributed by atoms with Crippen molar-refractivity contribution < 1.29 is 14.4 Å². The molecule has 1 amide bonds. The average molecular weight is 552 g/mol. The number of carbonyl (C=O) groups is 3. The Morgan fingerprint density at radius 2 is 1.95 bits per heavy atom. The minimum absolute atomic E-state index is 0.163. The summed E-state index contributed by atoms with van der Waals surface area (Å²) in [6.07, 6.45) is 7.14. The van der Waals surface area contributed by atoms with Gasteiger partial charge in [-0.25, -0.2) is 9.97 Å². The highest BCUT2D eigenvalue weighted by Crippen LogP contribution is 2.39. The van der Waals surface area contributed by atoms with E-state index in [1.54, 1.807) is 7.05 Å². The standard InChI is InChI=1S/C33H37N5O3/c1-4-22-10-11-24-20-35-33(36-28(24)19-22)38-16-14-23(15-17-38)26-12-13-29(31-25(21-40)7-5-8-27(26)31)37(3)30(9-6-18-39)32(41)34-2/h5,7-8,10-13,18-21,23,30H,4,6,9,14-17H2,1-3H3,(H,34,41). The Hall–Kier alpha value is -4.33. The van der Waals surface area contributed by atoms with Gasteiger partial charge in [0.2, 0.25) is 11.9 Å². The summed E-state index contributed by atoms with van der Waals surface area (Å²) in [5.74, 6) is 0.918. The summed E-state index contributed by atoms with van der Waals surface area (Å²) in [6.45, 7) is 3.82. The van der Waals surface area contributed by atoms with Gasteiger partial charge in [-0.1, -0.05) is 43.3 Å². The minimum atomic E-state index is -0.530. The predicted octanol–water partition coefficient (Wildman–Crippen LogP) is 5.07. The molecule has 0 bridgehead atoms. The number of likely N-dealkylation sites (N-methyl/N-ethyl adjacent to an activating group) is 2. The van der Waals surface area contributed by atoms with Crippen LogP contribution in [0.25, 0.3) is 21.7 Å². The Morgan fingerprint density at radius 1 is 1.15 bits per heavy atom. The maximum atomic E-state index is 12.7. The lowest BCUT2D eigenvalue weighted by Gasteiger charge is -2.34. The average Bonchev–Trinajstić information content (AvgIpc) is 3.03. The fourth-order valence-corrected chi connectivity index (χ4v) is 6.07. The topological polar surface area (TPSA) is 95.5 Å². The van der Waals surface area contributed by atoms with Crippen molar-refractivity contribution >= 4 is 51.8 Å². The van der Waals surface area contributed by atoms with Gasteiger partial charge in [0, 0.05) is 61.8 Å². The van der Waals surface area contributed by atoms with Crippen molar-refractivity contribution in [2.45, 2.75) is 51.0 Å². The van der Waals surface area contributed by atoms with Crippen molar-refractivity contribution in [3.05, 3.63) is 71.4 Å². The van der Waals surface area contributed by atoms with Gasteiger partial charge >= 0.3 is 0 Å². The van der Waals surface area contributed by atoms with Crippen LogP contribution in [0.1, 0.15) is 60.0 Å². The van der Waals surface area contributed by atoms with Crippen LogP contribution in [0.5, 0.6) is 0 Å². The molecule has 41 heavy (non-hydrogen) atoms.